The van der Waals surface area contributed by atoms with Crippen LogP contribution in [0, 0.1) is 11.3 Å². The van der Waals surface area contributed by atoms with Crippen molar-refractivity contribution in [3.8, 4) is 0 Å². The highest BCUT2D eigenvalue weighted by atomic mass is 15.1. The number of nitrogens with two attached hydrogens (primary N) is 1. The molecule has 1 aliphatic rings. The second-order valence-corrected chi connectivity index (χ2v) is 2.83. The number of rotatable bonds is 1. The molecular weight excluding hydrogens is 114 g/mol. The summed E-state index contributed by atoms with van der Waals surface area (Å²) in [6.45, 7) is 2.21. The highest BCUT2D eigenvalue weighted by molar-refractivity contribution is 5.74. The smallest absolute Gasteiger partial charge is 0.185 e. The summed E-state index contributed by atoms with van der Waals surface area (Å²) in [7, 11) is 0. The summed E-state index contributed by atoms with van der Waals surface area (Å²) in [5.41, 5.74) is 5.12. The lowest BCUT2D eigenvalue weighted by Gasteiger charge is -2.33. The molecule has 52 valence electrons. The first kappa shape index (κ1) is 6.39. The molecule has 9 heavy (non-hydrogen) atoms. The minimum absolute atomic E-state index is 0.104. The first-order valence-corrected chi connectivity index (χ1v) is 3.29. The van der Waals surface area contributed by atoms with Gasteiger partial charge in [0, 0.05) is 6.04 Å². The Morgan fingerprint density at radius 3 is 2.56 bits per heavy atom. The number of hydrogen-bond acceptors (Lipinski definition) is 1. The zero-order valence-corrected chi connectivity index (χ0v) is 5.65. The fraction of sp³-hybridized carbons (Fsp3) is 0.833. The minimum Gasteiger partial charge on any atom is -0.370 e. The predicted octanol–water partition coefficient (Wildman–Crippen LogP) is 0.268. The maximum Gasteiger partial charge on any atom is 0.185 e. The van der Waals surface area contributed by atoms with Crippen LogP contribution in [-0.2, 0) is 0 Å². The third kappa shape index (κ3) is 1.59. The van der Waals surface area contributed by atoms with Gasteiger partial charge in [0.15, 0.2) is 5.96 Å². The summed E-state index contributed by atoms with van der Waals surface area (Å²) in [4.78, 5) is 0. The molecule has 1 aliphatic carbocycles. The molecule has 0 aromatic rings. The van der Waals surface area contributed by atoms with Gasteiger partial charge in [-0.3, -0.25) is 5.41 Å². The largest absolute Gasteiger partial charge is 0.370 e. The van der Waals surface area contributed by atoms with Gasteiger partial charge in [-0.05, 0) is 18.8 Å². The molecular formula is C6H13N3. The van der Waals surface area contributed by atoms with Gasteiger partial charge in [0.1, 0.15) is 0 Å². The van der Waals surface area contributed by atoms with Crippen molar-refractivity contribution >= 4 is 5.96 Å². The Kier molecular flexibility index (Phi) is 1.60. The average molecular weight is 127 g/mol. The van der Waals surface area contributed by atoms with Gasteiger partial charge in [-0.1, -0.05) is 6.92 Å². The van der Waals surface area contributed by atoms with Crippen LogP contribution >= 0.6 is 0 Å². The van der Waals surface area contributed by atoms with Crippen molar-refractivity contribution in [3.05, 3.63) is 0 Å². The van der Waals surface area contributed by atoms with E-state index in [1.807, 2.05) is 0 Å². The van der Waals surface area contributed by atoms with Crippen molar-refractivity contribution in [2.24, 2.45) is 11.7 Å². The topological polar surface area (TPSA) is 61.9 Å². The van der Waals surface area contributed by atoms with Gasteiger partial charge in [-0.25, -0.2) is 0 Å². The third-order valence-corrected chi connectivity index (χ3v) is 1.73. The molecule has 0 unspecified atom stereocenters. The van der Waals surface area contributed by atoms with Crippen LogP contribution in [0.15, 0.2) is 0 Å². The predicted molar refractivity (Wildman–Crippen MR) is 37.2 cm³/mol. The maximum absolute atomic E-state index is 6.89. The van der Waals surface area contributed by atoms with E-state index in [1.54, 1.807) is 0 Å². The minimum atomic E-state index is 0.104. The molecule has 3 nitrogen and oxygen atoms in total. The lowest BCUT2D eigenvalue weighted by atomic mass is 9.82. The van der Waals surface area contributed by atoms with Crippen LogP contribution in [0.5, 0.6) is 0 Å². The van der Waals surface area contributed by atoms with E-state index in [1.165, 1.54) is 12.8 Å². The fourth-order valence-electron chi connectivity index (χ4n) is 1.24. The molecule has 0 amide bonds. The van der Waals surface area contributed by atoms with Gasteiger partial charge in [0.25, 0.3) is 0 Å². The van der Waals surface area contributed by atoms with E-state index in [-0.39, 0.29) is 5.96 Å². The fourth-order valence-corrected chi connectivity index (χ4v) is 1.24. The van der Waals surface area contributed by atoms with E-state index < -0.39 is 0 Å². The van der Waals surface area contributed by atoms with Crippen LogP contribution in [0.25, 0.3) is 0 Å². The normalized spacial score (nSPS) is 33.0. The lowest BCUT2D eigenvalue weighted by molar-refractivity contribution is 0.267. The summed E-state index contributed by atoms with van der Waals surface area (Å²) in [6, 6.07) is 0.484. The van der Waals surface area contributed by atoms with E-state index in [9.17, 15) is 0 Å². The summed E-state index contributed by atoms with van der Waals surface area (Å²) in [5, 5.41) is 9.77. The molecule has 4 N–H and O–H groups in total. The zero-order valence-electron chi connectivity index (χ0n) is 5.65. The maximum atomic E-state index is 6.89. The molecule has 0 aliphatic heterocycles. The Hall–Kier alpha value is -0.730. The van der Waals surface area contributed by atoms with Gasteiger partial charge in [0.05, 0.1) is 0 Å². The van der Waals surface area contributed by atoms with Crippen molar-refractivity contribution in [2.45, 2.75) is 25.8 Å². The molecule has 0 spiro atoms. The number of guanidine groups is 1. The molecule has 1 fully saturated rings. The van der Waals surface area contributed by atoms with Crippen LogP contribution in [0.1, 0.15) is 19.8 Å². The SMILES string of the molecule is C[C@H]1C[C@H](NC(=N)N)C1. The molecule has 0 aromatic carbocycles. The van der Waals surface area contributed by atoms with Crippen molar-refractivity contribution in [2.75, 3.05) is 0 Å². The molecule has 0 radical (unpaired) electrons. The Morgan fingerprint density at radius 1 is 1.67 bits per heavy atom. The van der Waals surface area contributed by atoms with Crippen LogP contribution < -0.4 is 11.1 Å². The van der Waals surface area contributed by atoms with Crippen LogP contribution in [0.2, 0.25) is 0 Å². The first-order chi connectivity index (χ1) is 4.18. The molecule has 0 atom stereocenters. The Bertz CT molecular complexity index is 115. The Balaban J connectivity index is 2.11. The molecule has 1 rings (SSSR count). The first-order valence-electron chi connectivity index (χ1n) is 3.29. The summed E-state index contributed by atoms with van der Waals surface area (Å²) in [5.74, 6) is 0.925. The molecule has 1 saturated carbocycles. The van der Waals surface area contributed by atoms with Crippen molar-refractivity contribution < 1.29 is 0 Å². The van der Waals surface area contributed by atoms with Crippen molar-refractivity contribution in [1.82, 2.24) is 5.32 Å². The van der Waals surface area contributed by atoms with Gasteiger partial charge < -0.3 is 11.1 Å². The Labute approximate surface area is 55.1 Å². The third-order valence-electron chi connectivity index (χ3n) is 1.73. The highest BCUT2D eigenvalue weighted by Gasteiger charge is 2.24. The summed E-state index contributed by atoms with van der Waals surface area (Å²) >= 11 is 0. The van der Waals surface area contributed by atoms with E-state index in [0.717, 1.165) is 5.92 Å². The quantitative estimate of drug-likeness (QED) is 0.349. The summed E-state index contributed by atoms with van der Waals surface area (Å²) < 4.78 is 0. The second-order valence-electron chi connectivity index (χ2n) is 2.83. The molecule has 0 saturated heterocycles. The highest BCUT2D eigenvalue weighted by Crippen LogP contribution is 2.25. The monoisotopic (exact) mass is 127 g/mol. The van der Waals surface area contributed by atoms with E-state index in [4.69, 9.17) is 11.1 Å². The van der Waals surface area contributed by atoms with E-state index in [0.29, 0.717) is 6.04 Å². The standard InChI is InChI=1S/C6H13N3/c1-4-2-5(3-4)9-6(7)8/h4-5H,2-3H2,1H3,(H4,7,8,9)/t4-,5-. The summed E-state index contributed by atoms with van der Waals surface area (Å²) in [6.07, 6.45) is 2.33. The number of nitrogens with one attached hydrogen (secondary N) is 2. The van der Waals surface area contributed by atoms with Gasteiger partial charge in [-0.2, -0.15) is 0 Å². The molecule has 0 bridgehead atoms. The van der Waals surface area contributed by atoms with Crippen LogP contribution in [0.4, 0.5) is 0 Å². The zero-order chi connectivity index (χ0) is 6.85. The van der Waals surface area contributed by atoms with Gasteiger partial charge >= 0.3 is 0 Å². The average Bonchev–Trinajstić information content (AvgIpc) is 1.60. The second kappa shape index (κ2) is 2.25. The number of hydrogen-bond donors (Lipinski definition) is 3. The molecule has 0 aromatic heterocycles. The van der Waals surface area contributed by atoms with Crippen LogP contribution in [-0.4, -0.2) is 12.0 Å². The van der Waals surface area contributed by atoms with Crippen LogP contribution in [0.3, 0.4) is 0 Å². The van der Waals surface area contributed by atoms with Crippen molar-refractivity contribution in [3.63, 3.8) is 0 Å². The Morgan fingerprint density at radius 2 is 2.22 bits per heavy atom. The van der Waals surface area contributed by atoms with Crippen molar-refractivity contribution in [1.29, 1.82) is 5.41 Å². The molecule has 0 heterocycles. The van der Waals surface area contributed by atoms with Gasteiger partial charge in [0.2, 0.25) is 0 Å². The lowest BCUT2D eigenvalue weighted by Crippen LogP contribution is -2.46. The van der Waals surface area contributed by atoms with Gasteiger partial charge in [-0.15, -0.1) is 0 Å². The molecule has 3 heteroatoms. The van der Waals surface area contributed by atoms with E-state index >= 15 is 0 Å². The van der Waals surface area contributed by atoms with E-state index in [2.05, 4.69) is 12.2 Å².